The molecule has 0 fully saturated rings. The third-order valence-electron chi connectivity index (χ3n) is 2.99. The normalized spacial score (nSPS) is 11.2. The van der Waals surface area contributed by atoms with E-state index in [0.717, 1.165) is 25.7 Å². The molecule has 0 aliphatic rings. The summed E-state index contributed by atoms with van der Waals surface area (Å²) in [7, 11) is 0. The molecule has 0 aliphatic heterocycles. The van der Waals surface area contributed by atoms with Gasteiger partial charge in [0.25, 0.3) is 0 Å². The molecule has 0 aromatic carbocycles. The van der Waals surface area contributed by atoms with Crippen molar-refractivity contribution < 1.29 is 5.11 Å². The Kier molecular flexibility index (Phi) is 13.1. The minimum atomic E-state index is 0.306. The molecule has 0 radical (unpaired) electrons. The predicted octanol–water partition coefficient (Wildman–Crippen LogP) is 5.01. The quantitative estimate of drug-likeness (QED) is 0.374. The van der Waals surface area contributed by atoms with Gasteiger partial charge in [0.1, 0.15) is 0 Å². The molecule has 0 spiro atoms. The standard InChI is InChI=1S/C16H30O/c1-3-4-5-6-7-8-9-10-13-16(2)14-11-12-15-17/h9-10,17H,2-8,11-15H2,1H3/b10-9+. The van der Waals surface area contributed by atoms with E-state index in [0.29, 0.717) is 6.61 Å². The van der Waals surface area contributed by atoms with Crippen LogP contribution in [0.4, 0.5) is 0 Å². The summed E-state index contributed by atoms with van der Waals surface area (Å²) in [5, 5.41) is 8.67. The van der Waals surface area contributed by atoms with Gasteiger partial charge < -0.3 is 5.11 Å². The highest BCUT2D eigenvalue weighted by atomic mass is 16.2. The fourth-order valence-electron chi connectivity index (χ4n) is 1.82. The van der Waals surface area contributed by atoms with E-state index in [1.54, 1.807) is 0 Å². The molecule has 0 aromatic rings. The lowest BCUT2D eigenvalue weighted by atomic mass is 10.1. The Balaban J connectivity index is 3.25. The molecule has 0 bridgehead atoms. The van der Waals surface area contributed by atoms with Crippen molar-refractivity contribution in [1.29, 1.82) is 0 Å². The van der Waals surface area contributed by atoms with Gasteiger partial charge in [-0.15, -0.1) is 0 Å². The Morgan fingerprint density at radius 2 is 1.76 bits per heavy atom. The molecule has 0 aromatic heterocycles. The maximum Gasteiger partial charge on any atom is 0.0431 e. The van der Waals surface area contributed by atoms with Crippen molar-refractivity contribution >= 4 is 0 Å². The summed E-state index contributed by atoms with van der Waals surface area (Å²) in [6, 6.07) is 0. The number of hydrogen-bond acceptors (Lipinski definition) is 1. The van der Waals surface area contributed by atoms with Crippen LogP contribution in [0.2, 0.25) is 0 Å². The topological polar surface area (TPSA) is 20.2 Å². The van der Waals surface area contributed by atoms with Crippen LogP contribution in [0.1, 0.15) is 71.1 Å². The lowest BCUT2D eigenvalue weighted by Crippen LogP contribution is -1.85. The van der Waals surface area contributed by atoms with Crippen molar-refractivity contribution in [2.24, 2.45) is 0 Å². The molecule has 1 heteroatoms. The van der Waals surface area contributed by atoms with E-state index in [1.165, 1.54) is 44.1 Å². The molecule has 0 heterocycles. The third-order valence-corrected chi connectivity index (χ3v) is 2.99. The fourth-order valence-corrected chi connectivity index (χ4v) is 1.82. The fraction of sp³-hybridized carbons (Fsp3) is 0.750. The number of rotatable bonds is 12. The van der Waals surface area contributed by atoms with Gasteiger partial charge in [-0.2, -0.15) is 0 Å². The molecular formula is C16H30O. The molecule has 0 unspecified atom stereocenters. The molecule has 0 saturated carbocycles. The first kappa shape index (κ1) is 16.4. The zero-order valence-electron chi connectivity index (χ0n) is 11.6. The van der Waals surface area contributed by atoms with E-state index in [1.807, 2.05) is 0 Å². The van der Waals surface area contributed by atoms with Crippen LogP contribution >= 0.6 is 0 Å². The van der Waals surface area contributed by atoms with Crippen molar-refractivity contribution in [2.75, 3.05) is 6.61 Å². The van der Waals surface area contributed by atoms with E-state index >= 15 is 0 Å². The summed E-state index contributed by atoms with van der Waals surface area (Å²) in [5.41, 5.74) is 1.29. The Morgan fingerprint density at radius 3 is 2.47 bits per heavy atom. The van der Waals surface area contributed by atoms with E-state index in [4.69, 9.17) is 5.11 Å². The van der Waals surface area contributed by atoms with E-state index in [9.17, 15) is 0 Å². The Hall–Kier alpha value is -0.560. The largest absolute Gasteiger partial charge is 0.396 e. The summed E-state index contributed by atoms with van der Waals surface area (Å²) < 4.78 is 0. The highest BCUT2D eigenvalue weighted by molar-refractivity contribution is 5.02. The van der Waals surface area contributed by atoms with Gasteiger partial charge in [0.2, 0.25) is 0 Å². The first-order valence-electron chi connectivity index (χ1n) is 7.23. The predicted molar refractivity (Wildman–Crippen MR) is 77.2 cm³/mol. The second-order valence-corrected chi connectivity index (χ2v) is 4.81. The SMILES string of the molecule is C=C(C/C=C/CCCCCCC)CCCCO. The minimum absolute atomic E-state index is 0.306. The van der Waals surface area contributed by atoms with Crippen LogP contribution in [-0.2, 0) is 0 Å². The molecule has 1 N–H and O–H groups in total. The van der Waals surface area contributed by atoms with Crippen molar-refractivity contribution in [2.45, 2.75) is 71.1 Å². The monoisotopic (exact) mass is 238 g/mol. The van der Waals surface area contributed by atoms with Gasteiger partial charge in [0.05, 0.1) is 0 Å². The molecule has 100 valence electrons. The highest BCUT2D eigenvalue weighted by Crippen LogP contribution is 2.11. The second kappa shape index (κ2) is 13.5. The van der Waals surface area contributed by atoms with Crippen molar-refractivity contribution in [3.05, 3.63) is 24.3 Å². The van der Waals surface area contributed by atoms with Crippen LogP contribution in [0.3, 0.4) is 0 Å². The Labute approximate surface area is 108 Å². The van der Waals surface area contributed by atoms with Crippen molar-refractivity contribution in [3.8, 4) is 0 Å². The van der Waals surface area contributed by atoms with Gasteiger partial charge in [0, 0.05) is 6.61 Å². The average molecular weight is 238 g/mol. The Bertz CT molecular complexity index is 194. The van der Waals surface area contributed by atoms with Crippen LogP contribution in [0.15, 0.2) is 24.3 Å². The average Bonchev–Trinajstić information content (AvgIpc) is 2.33. The van der Waals surface area contributed by atoms with Crippen molar-refractivity contribution in [3.63, 3.8) is 0 Å². The Morgan fingerprint density at radius 1 is 1.00 bits per heavy atom. The molecular weight excluding hydrogens is 208 g/mol. The van der Waals surface area contributed by atoms with Gasteiger partial charge >= 0.3 is 0 Å². The maximum absolute atomic E-state index is 8.67. The summed E-state index contributed by atoms with van der Waals surface area (Å²) >= 11 is 0. The molecule has 0 aliphatic carbocycles. The first-order chi connectivity index (χ1) is 8.31. The summed E-state index contributed by atoms with van der Waals surface area (Å²) in [6.07, 6.45) is 16.6. The van der Waals surface area contributed by atoms with E-state index in [2.05, 4.69) is 25.7 Å². The van der Waals surface area contributed by atoms with Crippen LogP contribution < -0.4 is 0 Å². The van der Waals surface area contributed by atoms with Crippen LogP contribution in [0, 0.1) is 0 Å². The van der Waals surface area contributed by atoms with Crippen molar-refractivity contribution in [1.82, 2.24) is 0 Å². The van der Waals surface area contributed by atoms with Crippen LogP contribution in [0.25, 0.3) is 0 Å². The lowest BCUT2D eigenvalue weighted by molar-refractivity contribution is 0.284. The number of unbranched alkanes of at least 4 members (excludes halogenated alkanes) is 6. The third kappa shape index (κ3) is 13.4. The summed E-state index contributed by atoms with van der Waals surface area (Å²) in [6.45, 7) is 6.61. The van der Waals surface area contributed by atoms with E-state index in [-0.39, 0.29) is 0 Å². The van der Waals surface area contributed by atoms with Gasteiger partial charge in [0.15, 0.2) is 0 Å². The minimum Gasteiger partial charge on any atom is -0.396 e. The smallest absolute Gasteiger partial charge is 0.0431 e. The lowest BCUT2D eigenvalue weighted by Gasteiger charge is -2.01. The first-order valence-corrected chi connectivity index (χ1v) is 7.23. The number of aliphatic hydroxyl groups is 1. The van der Waals surface area contributed by atoms with Gasteiger partial charge in [-0.1, -0.05) is 56.9 Å². The second-order valence-electron chi connectivity index (χ2n) is 4.81. The van der Waals surface area contributed by atoms with Gasteiger partial charge in [-0.05, 0) is 38.5 Å². The highest BCUT2D eigenvalue weighted by Gasteiger charge is 1.92. The summed E-state index contributed by atoms with van der Waals surface area (Å²) in [5.74, 6) is 0. The van der Waals surface area contributed by atoms with E-state index < -0.39 is 0 Å². The number of allylic oxidation sites excluding steroid dienone is 3. The molecule has 0 atom stereocenters. The molecule has 0 saturated heterocycles. The zero-order chi connectivity index (χ0) is 12.8. The number of hydrogen-bond donors (Lipinski definition) is 1. The molecule has 1 nitrogen and oxygen atoms in total. The van der Waals surface area contributed by atoms with Gasteiger partial charge in [-0.25, -0.2) is 0 Å². The maximum atomic E-state index is 8.67. The molecule has 17 heavy (non-hydrogen) atoms. The van der Waals surface area contributed by atoms with Crippen LogP contribution in [0.5, 0.6) is 0 Å². The molecule has 0 rings (SSSR count). The summed E-state index contributed by atoms with van der Waals surface area (Å²) in [4.78, 5) is 0. The van der Waals surface area contributed by atoms with Gasteiger partial charge in [-0.3, -0.25) is 0 Å². The zero-order valence-corrected chi connectivity index (χ0v) is 11.6. The molecule has 0 amide bonds. The number of aliphatic hydroxyl groups excluding tert-OH is 1. The van der Waals surface area contributed by atoms with Crippen LogP contribution in [-0.4, -0.2) is 11.7 Å².